The zero-order chi connectivity index (χ0) is 19.5. The van der Waals surface area contributed by atoms with E-state index < -0.39 is 0 Å². The maximum atomic E-state index is 12.8. The molecule has 0 unspecified atom stereocenters. The number of nitrogens with zero attached hydrogens (tertiary/aromatic N) is 4. The summed E-state index contributed by atoms with van der Waals surface area (Å²) in [5, 5.41) is 5.00. The first-order valence-corrected chi connectivity index (χ1v) is 9.13. The van der Waals surface area contributed by atoms with Gasteiger partial charge < -0.3 is 23.8 Å². The highest BCUT2D eigenvalue weighted by Crippen LogP contribution is 2.27. The lowest BCUT2D eigenvalue weighted by atomic mass is 10.1. The van der Waals surface area contributed by atoms with Crippen molar-refractivity contribution in [3.8, 4) is 5.75 Å². The summed E-state index contributed by atoms with van der Waals surface area (Å²) in [5.74, 6) is 1.37. The zero-order valence-corrected chi connectivity index (χ0v) is 15.9. The lowest BCUT2D eigenvalue weighted by molar-refractivity contribution is 0.0744. The first kappa shape index (κ1) is 18.2. The van der Waals surface area contributed by atoms with Gasteiger partial charge in [-0.1, -0.05) is 17.3 Å². The quantitative estimate of drug-likeness (QED) is 0.670. The molecular formula is C20H22N4O4. The van der Waals surface area contributed by atoms with E-state index in [1.807, 2.05) is 29.2 Å². The van der Waals surface area contributed by atoms with Gasteiger partial charge in [-0.25, -0.2) is 0 Å². The van der Waals surface area contributed by atoms with Gasteiger partial charge in [-0.3, -0.25) is 9.78 Å². The number of benzene rings is 1. The van der Waals surface area contributed by atoms with Crippen LogP contribution in [0.1, 0.15) is 16.1 Å². The molecule has 1 fully saturated rings. The fourth-order valence-electron chi connectivity index (χ4n) is 3.33. The van der Waals surface area contributed by atoms with Crippen LogP contribution in [0.2, 0.25) is 0 Å². The van der Waals surface area contributed by atoms with Gasteiger partial charge >= 0.3 is 0 Å². The van der Waals surface area contributed by atoms with Gasteiger partial charge in [0.1, 0.15) is 11.3 Å². The van der Waals surface area contributed by atoms with Crippen molar-refractivity contribution in [2.24, 2.45) is 0 Å². The van der Waals surface area contributed by atoms with Gasteiger partial charge in [0.05, 0.1) is 20.3 Å². The Hall–Kier alpha value is -3.13. The Labute approximate surface area is 162 Å². The molecule has 8 nitrogen and oxygen atoms in total. The topological polar surface area (TPSA) is 80.9 Å². The Morgan fingerprint density at radius 1 is 1.29 bits per heavy atom. The lowest BCUT2D eigenvalue weighted by Crippen LogP contribution is -2.36. The van der Waals surface area contributed by atoms with Crippen LogP contribution in [0.5, 0.6) is 5.75 Å². The van der Waals surface area contributed by atoms with Crippen molar-refractivity contribution in [1.82, 2.24) is 15.0 Å². The van der Waals surface area contributed by atoms with Crippen molar-refractivity contribution >= 4 is 22.6 Å². The third-order valence-electron chi connectivity index (χ3n) is 4.84. The third kappa shape index (κ3) is 3.50. The second kappa shape index (κ2) is 7.85. The molecule has 3 aromatic rings. The molecule has 1 aromatic carbocycles. The highest BCUT2D eigenvalue weighted by molar-refractivity contribution is 5.93. The molecule has 4 rings (SSSR count). The van der Waals surface area contributed by atoms with E-state index in [-0.39, 0.29) is 11.7 Å². The largest absolute Gasteiger partial charge is 0.494 e. The Morgan fingerprint density at radius 3 is 2.89 bits per heavy atom. The molecule has 0 atom stereocenters. The molecule has 1 saturated heterocycles. The molecule has 0 bridgehead atoms. The summed E-state index contributed by atoms with van der Waals surface area (Å²) in [6.07, 6.45) is 1.73. The van der Waals surface area contributed by atoms with Crippen molar-refractivity contribution in [2.75, 3.05) is 45.4 Å². The first-order chi connectivity index (χ1) is 13.7. The number of hydrogen-bond donors (Lipinski definition) is 0. The summed E-state index contributed by atoms with van der Waals surface area (Å²) < 4.78 is 16.0. The normalized spacial score (nSPS) is 14.3. The molecule has 0 radical (unpaired) electrons. The Balaban J connectivity index is 1.52. The minimum absolute atomic E-state index is 0.222. The summed E-state index contributed by atoms with van der Waals surface area (Å²) in [6.45, 7) is 3.18. The molecular weight excluding hydrogens is 360 g/mol. The molecule has 0 aliphatic carbocycles. The maximum absolute atomic E-state index is 12.8. The molecule has 1 aliphatic heterocycles. The molecule has 8 heteroatoms. The average molecular weight is 382 g/mol. The van der Waals surface area contributed by atoms with E-state index in [0.717, 1.165) is 29.6 Å². The maximum Gasteiger partial charge on any atom is 0.292 e. The van der Waals surface area contributed by atoms with Crippen LogP contribution in [-0.2, 0) is 11.3 Å². The predicted octanol–water partition coefficient (Wildman–Crippen LogP) is 2.34. The van der Waals surface area contributed by atoms with Crippen LogP contribution in [-0.4, -0.2) is 61.4 Å². The molecule has 2 aromatic heterocycles. The van der Waals surface area contributed by atoms with E-state index in [1.54, 1.807) is 31.3 Å². The lowest BCUT2D eigenvalue weighted by Gasteiger charge is -2.25. The summed E-state index contributed by atoms with van der Waals surface area (Å²) >= 11 is 0. The summed E-state index contributed by atoms with van der Waals surface area (Å²) in [7, 11) is 3.36. The van der Waals surface area contributed by atoms with Crippen molar-refractivity contribution in [3.05, 3.63) is 47.9 Å². The monoisotopic (exact) mass is 382 g/mol. The Kier molecular flexibility index (Phi) is 5.12. The van der Waals surface area contributed by atoms with E-state index in [2.05, 4.69) is 10.1 Å². The fourth-order valence-corrected chi connectivity index (χ4v) is 3.33. The Morgan fingerprint density at radius 2 is 2.11 bits per heavy atom. The summed E-state index contributed by atoms with van der Waals surface area (Å²) in [4.78, 5) is 20.9. The summed E-state index contributed by atoms with van der Waals surface area (Å²) in [5.41, 5.74) is 1.75. The molecule has 0 spiro atoms. The van der Waals surface area contributed by atoms with E-state index in [1.165, 1.54) is 0 Å². The van der Waals surface area contributed by atoms with Crippen LogP contribution < -0.4 is 9.64 Å². The predicted molar refractivity (Wildman–Crippen MR) is 104 cm³/mol. The number of morpholine rings is 1. The number of carbonyl (C=O) groups is 1. The number of pyridine rings is 1. The molecule has 28 heavy (non-hydrogen) atoms. The van der Waals surface area contributed by atoms with Crippen molar-refractivity contribution < 1.29 is 18.8 Å². The van der Waals surface area contributed by atoms with Gasteiger partial charge in [-0.15, -0.1) is 0 Å². The number of fused-ring (bicyclic) bond motifs is 1. The molecule has 146 valence electrons. The van der Waals surface area contributed by atoms with Gasteiger partial charge in [0.15, 0.2) is 5.82 Å². The van der Waals surface area contributed by atoms with Crippen molar-refractivity contribution in [2.45, 2.75) is 6.54 Å². The van der Waals surface area contributed by atoms with Gasteiger partial charge in [0.2, 0.25) is 5.76 Å². The van der Waals surface area contributed by atoms with E-state index >= 15 is 0 Å². The number of anilines is 1. The van der Waals surface area contributed by atoms with Gasteiger partial charge in [-0.2, -0.15) is 0 Å². The van der Waals surface area contributed by atoms with Crippen LogP contribution in [0.3, 0.4) is 0 Å². The molecule has 0 N–H and O–H groups in total. The number of aromatic nitrogens is 2. The molecule has 1 aliphatic rings. The number of methoxy groups -OCH3 is 1. The number of rotatable bonds is 5. The van der Waals surface area contributed by atoms with Crippen LogP contribution in [0.15, 0.2) is 41.1 Å². The second-order valence-corrected chi connectivity index (χ2v) is 6.64. The fraction of sp³-hybridized carbons (Fsp3) is 0.350. The van der Waals surface area contributed by atoms with Crippen LogP contribution >= 0.6 is 0 Å². The molecule has 3 heterocycles. The van der Waals surface area contributed by atoms with Gasteiger partial charge in [0.25, 0.3) is 5.91 Å². The molecule has 0 saturated carbocycles. The highest BCUT2D eigenvalue weighted by Gasteiger charge is 2.22. The van der Waals surface area contributed by atoms with Gasteiger partial charge in [0, 0.05) is 44.3 Å². The van der Waals surface area contributed by atoms with Crippen LogP contribution in [0.25, 0.3) is 10.9 Å². The van der Waals surface area contributed by atoms with Crippen LogP contribution in [0.4, 0.5) is 5.82 Å². The SMILES string of the molecule is COc1ccc(CN(C)C(=O)c2cc(N3CCOCC3)no2)c2cccnc12. The number of carbonyl (C=O) groups excluding carboxylic acids is 1. The molecule has 1 amide bonds. The smallest absolute Gasteiger partial charge is 0.292 e. The van der Waals surface area contributed by atoms with E-state index in [9.17, 15) is 4.79 Å². The van der Waals surface area contributed by atoms with Crippen molar-refractivity contribution in [3.63, 3.8) is 0 Å². The number of hydrogen-bond acceptors (Lipinski definition) is 7. The third-order valence-corrected chi connectivity index (χ3v) is 4.84. The van der Waals surface area contributed by atoms with E-state index in [4.69, 9.17) is 14.0 Å². The number of amides is 1. The number of ether oxygens (including phenoxy) is 2. The standard InChI is InChI=1S/C20H22N4O4/c1-23(13-14-5-6-16(26-2)19-15(14)4-3-7-21-19)20(25)17-12-18(22-28-17)24-8-10-27-11-9-24/h3-7,12H,8-11,13H2,1-2H3. The van der Waals surface area contributed by atoms with Gasteiger partial charge in [-0.05, 0) is 17.7 Å². The van der Waals surface area contributed by atoms with E-state index in [0.29, 0.717) is 31.3 Å². The average Bonchev–Trinajstić information content (AvgIpc) is 3.24. The zero-order valence-electron chi connectivity index (χ0n) is 15.9. The second-order valence-electron chi connectivity index (χ2n) is 6.64. The Bertz CT molecular complexity index is 981. The van der Waals surface area contributed by atoms with Crippen molar-refractivity contribution in [1.29, 1.82) is 0 Å². The highest BCUT2D eigenvalue weighted by atomic mass is 16.5. The summed E-state index contributed by atoms with van der Waals surface area (Å²) in [6, 6.07) is 9.36. The minimum Gasteiger partial charge on any atom is -0.494 e. The first-order valence-electron chi connectivity index (χ1n) is 9.13. The van der Waals surface area contributed by atoms with Crippen LogP contribution in [0, 0.1) is 0 Å². The minimum atomic E-state index is -0.222.